The van der Waals surface area contributed by atoms with E-state index >= 15 is 0 Å². The SMILES string of the molecule is COc1ccc(C=c2sc3nc4ccccc4n3c2=O)cc1OCc1ccc(Cl)cc1. The van der Waals surface area contributed by atoms with Crippen molar-refractivity contribution in [2.75, 3.05) is 7.11 Å². The van der Waals surface area contributed by atoms with Gasteiger partial charge in [0.25, 0.3) is 5.56 Å². The average Bonchev–Trinajstić information content (AvgIpc) is 3.29. The number of aromatic nitrogens is 2. The van der Waals surface area contributed by atoms with Crippen molar-refractivity contribution in [2.45, 2.75) is 6.61 Å². The van der Waals surface area contributed by atoms with Gasteiger partial charge in [0.1, 0.15) is 6.61 Å². The fraction of sp³-hybridized carbons (Fsp3) is 0.0833. The normalized spacial score (nSPS) is 12.0. The molecule has 2 aromatic heterocycles. The number of benzene rings is 3. The molecule has 7 heteroatoms. The number of nitrogens with zero attached hydrogens (tertiary/aromatic N) is 2. The first-order valence-electron chi connectivity index (χ1n) is 9.59. The zero-order chi connectivity index (χ0) is 21.4. The molecule has 31 heavy (non-hydrogen) atoms. The highest BCUT2D eigenvalue weighted by atomic mass is 35.5. The van der Waals surface area contributed by atoms with Crippen LogP contribution in [0.2, 0.25) is 5.02 Å². The van der Waals surface area contributed by atoms with Crippen molar-refractivity contribution in [3.8, 4) is 11.5 Å². The lowest BCUT2D eigenvalue weighted by Gasteiger charge is -2.11. The Kier molecular flexibility index (Phi) is 5.10. The Labute approximate surface area is 186 Å². The van der Waals surface area contributed by atoms with Crippen LogP contribution in [0.15, 0.2) is 71.5 Å². The van der Waals surface area contributed by atoms with Crippen LogP contribution in [-0.4, -0.2) is 16.5 Å². The smallest absolute Gasteiger partial charge is 0.274 e. The summed E-state index contributed by atoms with van der Waals surface area (Å²) < 4.78 is 13.7. The van der Waals surface area contributed by atoms with Gasteiger partial charge in [0.15, 0.2) is 16.5 Å². The van der Waals surface area contributed by atoms with Gasteiger partial charge in [-0.3, -0.25) is 4.79 Å². The number of para-hydroxylation sites is 2. The van der Waals surface area contributed by atoms with E-state index in [0.29, 0.717) is 32.6 Å². The summed E-state index contributed by atoms with van der Waals surface area (Å²) in [7, 11) is 1.60. The van der Waals surface area contributed by atoms with Crippen molar-refractivity contribution in [1.29, 1.82) is 0 Å². The fourth-order valence-corrected chi connectivity index (χ4v) is 4.51. The molecule has 0 atom stereocenters. The van der Waals surface area contributed by atoms with Crippen LogP contribution in [0.5, 0.6) is 11.5 Å². The number of halogens is 1. The summed E-state index contributed by atoms with van der Waals surface area (Å²) in [6.07, 6.45) is 1.85. The van der Waals surface area contributed by atoms with Gasteiger partial charge < -0.3 is 9.47 Å². The second-order valence-corrected chi connectivity index (χ2v) is 8.41. The Balaban J connectivity index is 1.51. The van der Waals surface area contributed by atoms with Crippen LogP contribution >= 0.6 is 22.9 Å². The third kappa shape index (κ3) is 3.76. The molecule has 2 heterocycles. The van der Waals surface area contributed by atoms with Crippen LogP contribution < -0.4 is 19.6 Å². The Hall–Kier alpha value is -3.35. The lowest BCUT2D eigenvalue weighted by Crippen LogP contribution is -2.22. The van der Waals surface area contributed by atoms with Gasteiger partial charge in [0, 0.05) is 5.02 Å². The molecule has 0 N–H and O–H groups in total. The van der Waals surface area contributed by atoms with Gasteiger partial charge in [0.05, 0.1) is 22.7 Å². The summed E-state index contributed by atoms with van der Waals surface area (Å²) in [5.41, 5.74) is 3.40. The molecule has 0 saturated heterocycles. The molecule has 0 radical (unpaired) electrons. The zero-order valence-corrected chi connectivity index (χ0v) is 18.1. The van der Waals surface area contributed by atoms with Gasteiger partial charge in [0.2, 0.25) is 0 Å². The van der Waals surface area contributed by atoms with E-state index in [1.54, 1.807) is 11.5 Å². The lowest BCUT2D eigenvalue weighted by atomic mass is 10.2. The van der Waals surface area contributed by atoms with Crippen LogP contribution in [0, 0.1) is 0 Å². The number of imidazole rings is 1. The summed E-state index contributed by atoms with van der Waals surface area (Å²) in [4.78, 5) is 18.2. The van der Waals surface area contributed by atoms with Gasteiger partial charge in [-0.1, -0.05) is 53.3 Å². The molecular formula is C24H17ClN2O3S. The highest BCUT2D eigenvalue weighted by Crippen LogP contribution is 2.29. The Morgan fingerprint density at radius 2 is 1.87 bits per heavy atom. The molecule has 0 spiro atoms. The fourth-order valence-electron chi connectivity index (χ4n) is 3.40. The first-order valence-corrected chi connectivity index (χ1v) is 10.8. The maximum absolute atomic E-state index is 13.0. The highest BCUT2D eigenvalue weighted by molar-refractivity contribution is 7.15. The number of rotatable bonds is 5. The van der Waals surface area contributed by atoms with E-state index in [1.807, 2.05) is 72.8 Å². The third-order valence-electron chi connectivity index (χ3n) is 4.94. The molecule has 0 aliphatic carbocycles. The average molecular weight is 449 g/mol. The van der Waals surface area contributed by atoms with E-state index in [9.17, 15) is 4.79 Å². The molecule has 0 fully saturated rings. The minimum atomic E-state index is -0.0758. The number of hydrogen-bond acceptors (Lipinski definition) is 5. The Morgan fingerprint density at radius 1 is 1.06 bits per heavy atom. The molecule has 0 bridgehead atoms. The molecule has 0 saturated carbocycles. The number of methoxy groups -OCH3 is 1. The van der Waals surface area contributed by atoms with Crippen LogP contribution in [0.1, 0.15) is 11.1 Å². The number of ether oxygens (including phenoxy) is 2. The predicted molar refractivity (Wildman–Crippen MR) is 124 cm³/mol. The minimum Gasteiger partial charge on any atom is -0.493 e. The summed E-state index contributed by atoms with van der Waals surface area (Å²) in [6, 6.07) is 20.7. The minimum absolute atomic E-state index is 0.0758. The Morgan fingerprint density at radius 3 is 2.68 bits per heavy atom. The van der Waals surface area contributed by atoms with E-state index in [-0.39, 0.29) is 5.56 Å². The standard InChI is InChI=1S/C24H17ClN2O3S/c1-29-20-11-8-16(12-21(20)30-14-15-6-9-17(25)10-7-15)13-22-23(28)27-19-5-3-2-4-18(19)26-24(27)31-22/h2-13H,14H2,1H3. The third-order valence-corrected chi connectivity index (χ3v) is 6.16. The molecule has 5 rings (SSSR count). The van der Waals surface area contributed by atoms with Crippen LogP contribution in [0.3, 0.4) is 0 Å². The number of fused-ring (bicyclic) bond motifs is 3. The summed E-state index contributed by atoms with van der Waals surface area (Å²) >= 11 is 7.32. The number of thiazole rings is 1. The van der Waals surface area contributed by atoms with Crippen LogP contribution in [-0.2, 0) is 6.61 Å². The lowest BCUT2D eigenvalue weighted by molar-refractivity contribution is 0.284. The van der Waals surface area contributed by atoms with Crippen molar-refractivity contribution in [2.24, 2.45) is 0 Å². The largest absolute Gasteiger partial charge is 0.493 e. The molecule has 154 valence electrons. The quantitative estimate of drug-likeness (QED) is 0.391. The van der Waals surface area contributed by atoms with Crippen molar-refractivity contribution >= 4 is 45.0 Å². The molecule has 3 aromatic carbocycles. The molecule has 0 aliphatic rings. The molecule has 0 amide bonds. The summed E-state index contributed by atoms with van der Waals surface area (Å²) in [6.45, 7) is 0.378. The van der Waals surface area contributed by atoms with Crippen molar-refractivity contribution < 1.29 is 9.47 Å². The molecular weight excluding hydrogens is 432 g/mol. The monoisotopic (exact) mass is 448 g/mol. The van der Waals surface area contributed by atoms with Crippen LogP contribution in [0.25, 0.3) is 22.1 Å². The van der Waals surface area contributed by atoms with Gasteiger partial charge in [-0.15, -0.1) is 0 Å². The molecule has 0 aliphatic heterocycles. The Bertz CT molecular complexity index is 1510. The molecule has 5 aromatic rings. The zero-order valence-electron chi connectivity index (χ0n) is 16.5. The topological polar surface area (TPSA) is 52.8 Å². The first kappa shape index (κ1) is 19.6. The summed E-state index contributed by atoms with van der Waals surface area (Å²) in [5.74, 6) is 1.23. The van der Waals surface area contributed by atoms with Crippen molar-refractivity contribution in [3.05, 3.63) is 97.8 Å². The maximum atomic E-state index is 13.0. The van der Waals surface area contributed by atoms with E-state index in [0.717, 1.165) is 22.2 Å². The van der Waals surface area contributed by atoms with E-state index < -0.39 is 0 Å². The van der Waals surface area contributed by atoms with Crippen molar-refractivity contribution in [1.82, 2.24) is 9.38 Å². The van der Waals surface area contributed by atoms with Gasteiger partial charge in [-0.05, 0) is 53.6 Å². The van der Waals surface area contributed by atoms with E-state index in [2.05, 4.69) is 4.98 Å². The van der Waals surface area contributed by atoms with Crippen molar-refractivity contribution in [3.63, 3.8) is 0 Å². The van der Waals surface area contributed by atoms with Gasteiger partial charge >= 0.3 is 0 Å². The molecule has 0 unspecified atom stereocenters. The highest BCUT2D eigenvalue weighted by Gasteiger charge is 2.11. The number of hydrogen-bond donors (Lipinski definition) is 0. The second-order valence-electron chi connectivity index (χ2n) is 6.96. The van der Waals surface area contributed by atoms with Crippen LogP contribution in [0.4, 0.5) is 0 Å². The van der Waals surface area contributed by atoms with Gasteiger partial charge in [-0.25, -0.2) is 9.38 Å². The molecule has 5 nitrogen and oxygen atoms in total. The van der Waals surface area contributed by atoms with E-state index in [1.165, 1.54) is 11.3 Å². The maximum Gasteiger partial charge on any atom is 0.274 e. The van der Waals surface area contributed by atoms with E-state index in [4.69, 9.17) is 21.1 Å². The first-order chi connectivity index (χ1) is 15.1. The van der Waals surface area contributed by atoms with Gasteiger partial charge in [-0.2, -0.15) is 0 Å². The second kappa shape index (κ2) is 8.06. The summed E-state index contributed by atoms with van der Waals surface area (Å²) in [5, 5.41) is 0.682. The predicted octanol–water partition coefficient (Wildman–Crippen LogP) is 4.70.